The zero-order valence-electron chi connectivity index (χ0n) is 10.4. The van der Waals surface area contributed by atoms with Crippen LogP contribution in [0.4, 0.5) is 11.5 Å². The molecule has 3 nitrogen and oxygen atoms in total. The molecule has 0 amide bonds. The molecule has 0 aliphatic heterocycles. The summed E-state index contributed by atoms with van der Waals surface area (Å²) in [5, 5.41) is 3.54. The molecule has 0 aromatic carbocycles. The van der Waals surface area contributed by atoms with Crippen LogP contribution in [0.1, 0.15) is 33.1 Å². The molecule has 1 heterocycles. The van der Waals surface area contributed by atoms with Crippen molar-refractivity contribution in [1.82, 2.24) is 4.98 Å². The lowest BCUT2D eigenvalue weighted by atomic mass is 9.93. The molecule has 0 saturated heterocycles. The molecule has 3 unspecified atom stereocenters. The Morgan fingerprint density at radius 1 is 1.53 bits per heavy atom. The SMILES string of the molecule is CCC1CCC(Nc2ncc(N)cc2Br)C1C. The standard InChI is InChI=1S/C13H20BrN3/c1-3-9-4-5-12(8(9)2)17-13-11(14)6-10(15)7-16-13/h6-9,12H,3-5,15H2,1-2H3,(H,16,17). The third kappa shape index (κ3) is 2.73. The van der Waals surface area contributed by atoms with Crippen molar-refractivity contribution in [2.24, 2.45) is 11.8 Å². The van der Waals surface area contributed by atoms with Crippen LogP contribution >= 0.6 is 15.9 Å². The molecule has 0 bridgehead atoms. The Morgan fingerprint density at radius 2 is 2.29 bits per heavy atom. The van der Waals surface area contributed by atoms with E-state index < -0.39 is 0 Å². The smallest absolute Gasteiger partial charge is 0.140 e. The number of hydrogen-bond donors (Lipinski definition) is 2. The highest BCUT2D eigenvalue weighted by Crippen LogP contribution is 2.36. The van der Waals surface area contributed by atoms with Gasteiger partial charge < -0.3 is 11.1 Å². The average molecular weight is 298 g/mol. The summed E-state index contributed by atoms with van der Waals surface area (Å²) in [6.07, 6.45) is 5.53. The maximum Gasteiger partial charge on any atom is 0.140 e. The molecule has 0 radical (unpaired) electrons. The van der Waals surface area contributed by atoms with Crippen LogP contribution in [0.25, 0.3) is 0 Å². The molecule has 4 heteroatoms. The van der Waals surface area contributed by atoms with Crippen LogP contribution < -0.4 is 11.1 Å². The van der Waals surface area contributed by atoms with Crippen LogP contribution in [0.15, 0.2) is 16.7 Å². The van der Waals surface area contributed by atoms with E-state index in [-0.39, 0.29) is 0 Å². The van der Waals surface area contributed by atoms with E-state index in [0.29, 0.717) is 17.6 Å². The van der Waals surface area contributed by atoms with Crippen LogP contribution in [0, 0.1) is 11.8 Å². The highest BCUT2D eigenvalue weighted by Gasteiger charge is 2.31. The molecular formula is C13H20BrN3. The maximum atomic E-state index is 5.69. The zero-order valence-corrected chi connectivity index (χ0v) is 12.0. The van der Waals surface area contributed by atoms with E-state index in [0.717, 1.165) is 16.2 Å². The van der Waals surface area contributed by atoms with Gasteiger partial charge in [-0.15, -0.1) is 0 Å². The second-order valence-corrected chi connectivity index (χ2v) is 5.81. The van der Waals surface area contributed by atoms with Crippen molar-refractivity contribution in [2.75, 3.05) is 11.1 Å². The minimum Gasteiger partial charge on any atom is -0.397 e. The molecule has 1 aliphatic carbocycles. The number of pyridine rings is 1. The zero-order chi connectivity index (χ0) is 12.4. The largest absolute Gasteiger partial charge is 0.397 e. The predicted molar refractivity (Wildman–Crippen MR) is 75.9 cm³/mol. The van der Waals surface area contributed by atoms with Crippen molar-refractivity contribution in [3.05, 3.63) is 16.7 Å². The molecule has 0 spiro atoms. The van der Waals surface area contributed by atoms with Crippen LogP contribution in [0.2, 0.25) is 0 Å². The quantitative estimate of drug-likeness (QED) is 0.895. The summed E-state index contributed by atoms with van der Waals surface area (Å²) in [4.78, 5) is 4.34. The summed E-state index contributed by atoms with van der Waals surface area (Å²) in [6, 6.07) is 2.43. The third-order valence-corrected chi connectivity index (χ3v) is 4.54. The topological polar surface area (TPSA) is 50.9 Å². The molecule has 3 N–H and O–H groups in total. The summed E-state index contributed by atoms with van der Waals surface area (Å²) in [5.74, 6) is 2.47. The van der Waals surface area contributed by atoms with Gasteiger partial charge in [-0.3, -0.25) is 0 Å². The van der Waals surface area contributed by atoms with E-state index in [1.807, 2.05) is 6.07 Å². The number of nitrogen functional groups attached to an aromatic ring is 1. The van der Waals surface area contributed by atoms with Crippen molar-refractivity contribution in [3.8, 4) is 0 Å². The normalized spacial score (nSPS) is 28.3. The maximum absolute atomic E-state index is 5.69. The van der Waals surface area contributed by atoms with Gasteiger partial charge >= 0.3 is 0 Å². The molecule has 2 rings (SSSR count). The summed E-state index contributed by atoms with van der Waals surface area (Å²) in [5.41, 5.74) is 6.37. The van der Waals surface area contributed by atoms with Crippen molar-refractivity contribution in [3.63, 3.8) is 0 Å². The number of nitrogens with one attached hydrogen (secondary N) is 1. The Balaban J connectivity index is 2.06. The lowest BCUT2D eigenvalue weighted by Gasteiger charge is -2.22. The first-order chi connectivity index (χ1) is 8.11. The molecule has 1 aromatic heterocycles. The monoisotopic (exact) mass is 297 g/mol. The first kappa shape index (κ1) is 12.7. The van der Waals surface area contributed by atoms with Crippen molar-refractivity contribution < 1.29 is 0 Å². The fraction of sp³-hybridized carbons (Fsp3) is 0.615. The van der Waals surface area contributed by atoms with Crippen LogP contribution in [-0.2, 0) is 0 Å². The summed E-state index contributed by atoms with van der Waals surface area (Å²) < 4.78 is 0.949. The second-order valence-electron chi connectivity index (χ2n) is 4.95. The number of rotatable bonds is 3. The lowest BCUT2D eigenvalue weighted by molar-refractivity contribution is 0.391. The Morgan fingerprint density at radius 3 is 2.88 bits per heavy atom. The van der Waals surface area contributed by atoms with E-state index in [1.54, 1.807) is 6.20 Å². The highest BCUT2D eigenvalue weighted by molar-refractivity contribution is 9.10. The second kappa shape index (κ2) is 5.25. The third-order valence-electron chi connectivity index (χ3n) is 3.94. The van der Waals surface area contributed by atoms with E-state index in [4.69, 9.17) is 5.73 Å². The number of hydrogen-bond acceptors (Lipinski definition) is 3. The Bertz CT molecular complexity index is 394. The van der Waals surface area contributed by atoms with Crippen LogP contribution in [0.3, 0.4) is 0 Å². The number of nitrogens with zero attached hydrogens (tertiary/aromatic N) is 1. The Labute approximate surface area is 111 Å². The lowest BCUT2D eigenvalue weighted by Crippen LogP contribution is -2.25. The molecule has 3 atom stereocenters. The molecule has 17 heavy (non-hydrogen) atoms. The first-order valence-electron chi connectivity index (χ1n) is 6.29. The van der Waals surface area contributed by atoms with Crippen molar-refractivity contribution in [2.45, 2.75) is 39.2 Å². The van der Waals surface area contributed by atoms with E-state index in [9.17, 15) is 0 Å². The van der Waals surface area contributed by atoms with E-state index >= 15 is 0 Å². The van der Waals surface area contributed by atoms with Gasteiger partial charge in [0.2, 0.25) is 0 Å². The van der Waals surface area contributed by atoms with Gasteiger partial charge in [0.1, 0.15) is 5.82 Å². The molecule has 1 aliphatic rings. The van der Waals surface area contributed by atoms with Crippen molar-refractivity contribution >= 4 is 27.4 Å². The van der Waals surface area contributed by atoms with Crippen molar-refractivity contribution in [1.29, 1.82) is 0 Å². The Hall–Kier alpha value is -0.770. The number of aromatic nitrogens is 1. The molecule has 1 fully saturated rings. The average Bonchev–Trinajstić information content (AvgIpc) is 2.64. The number of halogens is 1. The Kier molecular flexibility index (Phi) is 3.92. The molecule has 1 saturated carbocycles. The first-order valence-corrected chi connectivity index (χ1v) is 7.08. The van der Waals surface area contributed by atoms with Gasteiger partial charge in [-0.25, -0.2) is 4.98 Å². The van der Waals surface area contributed by atoms with Gasteiger partial charge in [0, 0.05) is 6.04 Å². The van der Waals surface area contributed by atoms with Crippen LogP contribution in [0.5, 0.6) is 0 Å². The fourth-order valence-corrected chi connectivity index (χ4v) is 3.24. The van der Waals surface area contributed by atoms with Gasteiger partial charge in [-0.2, -0.15) is 0 Å². The number of anilines is 2. The van der Waals surface area contributed by atoms with Gasteiger partial charge in [0.15, 0.2) is 0 Å². The minimum atomic E-state index is 0.535. The number of nitrogens with two attached hydrogens (primary N) is 1. The summed E-state index contributed by atoms with van der Waals surface area (Å²) in [7, 11) is 0. The predicted octanol–water partition coefficient (Wildman–Crippen LogP) is 3.66. The molecule has 94 valence electrons. The summed E-state index contributed by atoms with van der Waals surface area (Å²) >= 11 is 3.50. The molecular weight excluding hydrogens is 278 g/mol. The summed E-state index contributed by atoms with van der Waals surface area (Å²) in [6.45, 7) is 4.62. The van der Waals surface area contributed by atoms with Gasteiger partial charge in [0.25, 0.3) is 0 Å². The van der Waals surface area contributed by atoms with Gasteiger partial charge in [-0.1, -0.05) is 20.3 Å². The van der Waals surface area contributed by atoms with Gasteiger partial charge in [-0.05, 0) is 46.7 Å². The molecule has 1 aromatic rings. The van der Waals surface area contributed by atoms with Gasteiger partial charge in [0.05, 0.1) is 16.4 Å². The minimum absolute atomic E-state index is 0.535. The van der Waals surface area contributed by atoms with Crippen LogP contribution in [-0.4, -0.2) is 11.0 Å². The van der Waals surface area contributed by atoms with E-state index in [2.05, 4.69) is 40.1 Å². The fourth-order valence-electron chi connectivity index (χ4n) is 2.76. The van der Waals surface area contributed by atoms with E-state index in [1.165, 1.54) is 19.3 Å². The highest BCUT2D eigenvalue weighted by atomic mass is 79.9.